The van der Waals surface area contributed by atoms with Crippen molar-refractivity contribution in [1.29, 1.82) is 0 Å². The van der Waals surface area contributed by atoms with Gasteiger partial charge in [0.2, 0.25) is 0 Å². The molecule has 0 spiro atoms. The highest BCUT2D eigenvalue weighted by Crippen LogP contribution is 2.19. The number of amides is 1. The van der Waals surface area contributed by atoms with E-state index in [9.17, 15) is 9.18 Å². The Morgan fingerprint density at radius 2 is 2.12 bits per heavy atom. The van der Waals surface area contributed by atoms with Crippen molar-refractivity contribution in [2.45, 2.75) is 6.92 Å². The molecule has 0 radical (unpaired) electrons. The first-order chi connectivity index (χ1) is 8.06. The highest BCUT2D eigenvalue weighted by molar-refractivity contribution is 6.31. The summed E-state index contributed by atoms with van der Waals surface area (Å²) in [5, 5.41) is 5.94. The third kappa shape index (κ3) is 2.84. The number of carbonyl (C=O) groups excluding carboxylic acids is 1. The summed E-state index contributed by atoms with van der Waals surface area (Å²) in [6.45, 7) is 3.23. The van der Waals surface area contributed by atoms with Crippen LogP contribution in [-0.4, -0.2) is 19.0 Å². The van der Waals surface area contributed by atoms with Gasteiger partial charge in [-0.2, -0.15) is 0 Å². The van der Waals surface area contributed by atoms with Crippen LogP contribution in [0, 0.1) is 5.82 Å². The van der Waals surface area contributed by atoms with Gasteiger partial charge in [-0.15, -0.1) is 0 Å². The van der Waals surface area contributed by atoms with Crippen LogP contribution in [0.25, 0.3) is 0 Å². The zero-order valence-corrected chi connectivity index (χ0v) is 10.1. The molecule has 1 aromatic rings. The Labute approximate surface area is 104 Å². The maximum Gasteiger partial charge on any atom is 0.251 e. The fourth-order valence-electron chi connectivity index (χ4n) is 1.53. The molecule has 5 heteroatoms. The van der Waals surface area contributed by atoms with E-state index in [2.05, 4.69) is 10.6 Å². The standard InChI is InChI=1S/C12H12ClFN2O/c1-7(8-5-15-6-8)12(17)16-11-3-9(13)2-10(14)4-11/h2-4,15H,5-6H2,1H3,(H,16,17). The molecule has 1 amide bonds. The molecular weight excluding hydrogens is 243 g/mol. The molecule has 1 aliphatic rings. The van der Waals surface area contributed by atoms with Crippen molar-refractivity contribution in [3.05, 3.63) is 40.2 Å². The van der Waals surface area contributed by atoms with Gasteiger partial charge < -0.3 is 10.6 Å². The van der Waals surface area contributed by atoms with Gasteiger partial charge >= 0.3 is 0 Å². The van der Waals surface area contributed by atoms with Crippen molar-refractivity contribution in [1.82, 2.24) is 5.32 Å². The number of rotatable bonds is 2. The first kappa shape index (κ1) is 12.1. The van der Waals surface area contributed by atoms with Crippen LogP contribution < -0.4 is 10.6 Å². The first-order valence-corrected chi connectivity index (χ1v) is 5.61. The van der Waals surface area contributed by atoms with E-state index in [0.29, 0.717) is 11.3 Å². The molecule has 0 unspecified atom stereocenters. The number of nitrogens with one attached hydrogen (secondary N) is 2. The summed E-state index contributed by atoms with van der Waals surface area (Å²) in [4.78, 5) is 11.8. The highest BCUT2D eigenvalue weighted by atomic mass is 35.5. The molecule has 1 aromatic carbocycles. The van der Waals surface area contributed by atoms with Crippen LogP contribution in [0.2, 0.25) is 5.02 Å². The van der Waals surface area contributed by atoms with Gasteiger partial charge in [0.15, 0.2) is 0 Å². The minimum Gasteiger partial charge on any atom is -0.322 e. The predicted octanol–water partition coefficient (Wildman–Crippen LogP) is 2.34. The van der Waals surface area contributed by atoms with Crippen molar-refractivity contribution in [2.24, 2.45) is 0 Å². The molecule has 0 bridgehead atoms. The largest absolute Gasteiger partial charge is 0.322 e. The Hall–Kier alpha value is -1.39. The van der Waals surface area contributed by atoms with Gasteiger partial charge in [-0.25, -0.2) is 4.39 Å². The minimum absolute atomic E-state index is 0.219. The molecule has 0 atom stereocenters. The van der Waals surface area contributed by atoms with Gasteiger partial charge in [0, 0.05) is 29.4 Å². The molecule has 2 rings (SSSR count). The smallest absolute Gasteiger partial charge is 0.251 e. The van der Waals surface area contributed by atoms with Crippen molar-refractivity contribution in [3.63, 3.8) is 0 Å². The lowest BCUT2D eigenvalue weighted by molar-refractivity contribution is -0.112. The summed E-state index contributed by atoms with van der Waals surface area (Å²) in [5.74, 6) is -0.688. The average molecular weight is 255 g/mol. The van der Waals surface area contributed by atoms with E-state index in [0.717, 1.165) is 18.7 Å². The number of halogens is 2. The first-order valence-electron chi connectivity index (χ1n) is 5.23. The Morgan fingerprint density at radius 1 is 1.41 bits per heavy atom. The summed E-state index contributed by atoms with van der Waals surface area (Å²) in [7, 11) is 0. The number of anilines is 1. The zero-order valence-electron chi connectivity index (χ0n) is 9.31. The van der Waals surface area contributed by atoms with E-state index >= 15 is 0 Å². The van der Waals surface area contributed by atoms with Gasteiger partial charge in [-0.05, 0) is 30.7 Å². The third-order valence-corrected chi connectivity index (χ3v) is 2.89. The van der Waals surface area contributed by atoms with Crippen LogP contribution in [0.1, 0.15) is 6.92 Å². The van der Waals surface area contributed by atoms with Crippen molar-refractivity contribution < 1.29 is 9.18 Å². The molecule has 1 heterocycles. The van der Waals surface area contributed by atoms with Gasteiger partial charge in [-0.3, -0.25) is 4.79 Å². The zero-order chi connectivity index (χ0) is 12.4. The topological polar surface area (TPSA) is 41.1 Å². The van der Waals surface area contributed by atoms with Crippen LogP contribution in [-0.2, 0) is 4.79 Å². The highest BCUT2D eigenvalue weighted by Gasteiger charge is 2.16. The summed E-state index contributed by atoms with van der Waals surface area (Å²) in [6.07, 6.45) is 0. The summed E-state index contributed by atoms with van der Waals surface area (Å²) in [6, 6.07) is 3.94. The molecular formula is C12H12ClFN2O. The lowest BCUT2D eigenvalue weighted by Gasteiger charge is -2.21. The molecule has 0 aromatic heterocycles. The van der Waals surface area contributed by atoms with Gasteiger partial charge in [0.25, 0.3) is 5.91 Å². The second-order valence-corrected chi connectivity index (χ2v) is 4.38. The third-order valence-electron chi connectivity index (χ3n) is 2.67. The van der Waals surface area contributed by atoms with E-state index in [-0.39, 0.29) is 10.9 Å². The van der Waals surface area contributed by atoms with Gasteiger partial charge in [-0.1, -0.05) is 11.6 Å². The van der Waals surface area contributed by atoms with E-state index in [1.807, 2.05) is 0 Å². The Kier molecular flexibility index (Phi) is 3.45. The van der Waals surface area contributed by atoms with Crippen LogP contribution >= 0.6 is 11.6 Å². The SMILES string of the molecule is CC(C(=O)Nc1cc(F)cc(Cl)c1)=C1CNC1. The second kappa shape index (κ2) is 4.85. The molecule has 0 aliphatic carbocycles. The van der Waals surface area contributed by atoms with Gasteiger partial charge in [0.05, 0.1) is 0 Å². The molecule has 0 saturated carbocycles. The normalized spacial score (nSPS) is 14.2. The van der Waals surface area contributed by atoms with Crippen LogP contribution in [0.15, 0.2) is 29.3 Å². The maximum absolute atomic E-state index is 13.1. The summed E-state index contributed by atoms with van der Waals surface area (Å²) >= 11 is 5.70. The van der Waals surface area contributed by atoms with Crippen LogP contribution in [0.5, 0.6) is 0 Å². The van der Waals surface area contributed by atoms with E-state index in [4.69, 9.17) is 11.6 Å². The molecule has 2 N–H and O–H groups in total. The molecule has 3 nitrogen and oxygen atoms in total. The Bertz CT molecular complexity index is 473. The van der Waals surface area contributed by atoms with Crippen LogP contribution in [0.4, 0.5) is 10.1 Å². The van der Waals surface area contributed by atoms with Crippen LogP contribution in [0.3, 0.4) is 0 Å². The molecule has 1 saturated heterocycles. The summed E-state index contributed by atoms with van der Waals surface area (Å²) in [5.41, 5.74) is 2.11. The number of benzene rings is 1. The molecule has 1 aliphatic heterocycles. The van der Waals surface area contributed by atoms with E-state index in [1.165, 1.54) is 18.2 Å². The van der Waals surface area contributed by atoms with Crippen molar-refractivity contribution in [2.75, 3.05) is 18.4 Å². The lowest BCUT2D eigenvalue weighted by Crippen LogP contribution is -2.36. The average Bonchev–Trinajstić information content (AvgIpc) is 2.12. The summed E-state index contributed by atoms with van der Waals surface area (Å²) < 4.78 is 13.1. The monoisotopic (exact) mass is 254 g/mol. The Morgan fingerprint density at radius 3 is 2.65 bits per heavy atom. The molecule has 1 fully saturated rings. The fraction of sp³-hybridized carbons (Fsp3) is 0.250. The number of carbonyl (C=O) groups is 1. The minimum atomic E-state index is -0.469. The quantitative estimate of drug-likeness (QED) is 0.796. The lowest BCUT2D eigenvalue weighted by atomic mass is 10.0. The number of hydrogen-bond donors (Lipinski definition) is 2. The molecule has 90 valence electrons. The predicted molar refractivity (Wildman–Crippen MR) is 65.6 cm³/mol. The van der Waals surface area contributed by atoms with E-state index < -0.39 is 5.82 Å². The fourth-order valence-corrected chi connectivity index (χ4v) is 1.75. The van der Waals surface area contributed by atoms with Gasteiger partial charge in [0.1, 0.15) is 5.82 Å². The second-order valence-electron chi connectivity index (χ2n) is 3.94. The number of hydrogen-bond acceptors (Lipinski definition) is 2. The van der Waals surface area contributed by atoms with Crippen molar-refractivity contribution in [3.8, 4) is 0 Å². The molecule has 17 heavy (non-hydrogen) atoms. The van der Waals surface area contributed by atoms with Crippen molar-refractivity contribution >= 4 is 23.2 Å². The Balaban J connectivity index is 2.12. The maximum atomic E-state index is 13.1. The van der Waals surface area contributed by atoms with E-state index in [1.54, 1.807) is 6.92 Å².